The summed E-state index contributed by atoms with van der Waals surface area (Å²) >= 11 is 0. The SMILES string of the molecule is c1ccc2c(c1)ccc1cc(-c3nc(-n4c5ccccc5c5cc6cc(-n7c8ccccc8c8c9ccccc9ccc87)ccc6cc54)nc4ccccc34)ccc12. The molecule has 0 saturated carbocycles. The number of hydrogen-bond donors (Lipinski definition) is 0. The zero-order chi connectivity index (χ0) is 37.9. The molecule has 10 aromatic carbocycles. The van der Waals surface area contributed by atoms with E-state index in [-0.39, 0.29) is 0 Å². The maximum Gasteiger partial charge on any atom is 0.235 e. The molecule has 0 aliphatic heterocycles. The molecule has 0 N–H and O–H groups in total. The number of benzene rings is 10. The van der Waals surface area contributed by atoms with E-state index in [4.69, 9.17) is 9.97 Å². The number of hydrogen-bond acceptors (Lipinski definition) is 2. The van der Waals surface area contributed by atoms with Gasteiger partial charge in [-0.3, -0.25) is 4.57 Å². The van der Waals surface area contributed by atoms with Crippen molar-refractivity contribution >= 4 is 97.6 Å². The van der Waals surface area contributed by atoms with E-state index >= 15 is 0 Å². The lowest BCUT2D eigenvalue weighted by Gasteiger charge is -2.13. The van der Waals surface area contributed by atoms with Gasteiger partial charge in [0.2, 0.25) is 5.95 Å². The highest BCUT2D eigenvalue weighted by Crippen LogP contribution is 2.40. The molecule has 0 unspecified atom stereocenters. The minimum absolute atomic E-state index is 0.659. The van der Waals surface area contributed by atoms with Crippen molar-refractivity contribution in [3.63, 3.8) is 0 Å². The Labute approximate surface area is 332 Å². The molecule has 4 heteroatoms. The second kappa shape index (κ2) is 11.8. The van der Waals surface area contributed by atoms with Crippen molar-refractivity contribution in [1.82, 2.24) is 19.1 Å². The summed E-state index contributed by atoms with van der Waals surface area (Å²) in [4.78, 5) is 10.7. The number of para-hydroxylation sites is 3. The molecule has 0 amide bonds. The fourth-order valence-electron chi connectivity index (χ4n) is 9.62. The second-order valence-electron chi connectivity index (χ2n) is 15.4. The van der Waals surface area contributed by atoms with Crippen molar-refractivity contribution in [3.8, 4) is 22.9 Å². The minimum Gasteiger partial charge on any atom is -0.309 e. The van der Waals surface area contributed by atoms with Gasteiger partial charge in [0, 0.05) is 38.2 Å². The standard InChI is InChI=1S/C54H32N4/c1-3-13-40-33(11-1)21-22-36-29-37(24-27-41(36)40)53-44-16-5-8-18-47(44)55-54(56-53)58-48-19-9-6-15-43(48)46-31-38-30-39(26-23-35(38)32-51(46)58)57-49-20-10-7-17-45(49)52-42-14-4-2-12-34(42)25-28-50(52)57/h1-32H. The van der Waals surface area contributed by atoms with Gasteiger partial charge in [0.05, 0.1) is 33.3 Å². The molecule has 58 heavy (non-hydrogen) atoms. The molecule has 13 rings (SSSR count). The molecule has 3 heterocycles. The zero-order valence-corrected chi connectivity index (χ0v) is 31.3. The molecule has 0 fully saturated rings. The normalized spacial score (nSPS) is 12.1. The summed E-state index contributed by atoms with van der Waals surface area (Å²) in [7, 11) is 0. The predicted molar refractivity (Wildman–Crippen MR) is 244 cm³/mol. The van der Waals surface area contributed by atoms with E-state index in [1.165, 1.54) is 70.3 Å². The molecule has 0 saturated heterocycles. The lowest BCUT2D eigenvalue weighted by atomic mass is 9.98. The molecule has 0 radical (unpaired) electrons. The van der Waals surface area contributed by atoms with Gasteiger partial charge in [-0.2, -0.15) is 0 Å². The van der Waals surface area contributed by atoms with Gasteiger partial charge in [-0.25, -0.2) is 9.97 Å². The maximum atomic E-state index is 5.44. The highest BCUT2D eigenvalue weighted by Gasteiger charge is 2.20. The third-order valence-corrected chi connectivity index (χ3v) is 12.2. The Bertz CT molecular complexity index is 3870. The third kappa shape index (κ3) is 4.45. The van der Waals surface area contributed by atoms with Crippen LogP contribution in [0.3, 0.4) is 0 Å². The van der Waals surface area contributed by atoms with Crippen molar-refractivity contribution in [3.05, 3.63) is 194 Å². The van der Waals surface area contributed by atoms with E-state index in [2.05, 4.69) is 203 Å². The van der Waals surface area contributed by atoms with Crippen LogP contribution in [0, 0.1) is 0 Å². The van der Waals surface area contributed by atoms with E-state index in [0.717, 1.165) is 44.3 Å². The van der Waals surface area contributed by atoms with Gasteiger partial charge in [0.15, 0.2) is 0 Å². The first-order valence-electron chi connectivity index (χ1n) is 19.8. The summed E-state index contributed by atoms with van der Waals surface area (Å²) in [6.07, 6.45) is 0. The van der Waals surface area contributed by atoms with Crippen LogP contribution in [-0.2, 0) is 0 Å². The van der Waals surface area contributed by atoms with Crippen LogP contribution in [0.4, 0.5) is 0 Å². The Hall–Kier alpha value is -7.82. The van der Waals surface area contributed by atoms with Gasteiger partial charge >= 0.3 is 0 Å². The van der Waals surface area contributed by atoms with Gasteiger partial charge in [0.25, 0.3) is 0 Å². The van der Waals surface area contributed by atoms with Crippen LogP contribution >= 0.6 is 0 Å². The van der Waals surface area contributed by atoms with E-state index in [1.807, 2.05) is 0 Å². The summed E-state index contributed by atoms with van der Waals surface area (Å²) in [5.74, 6) is 0.659. The van der Waals surface area contributed by atoms with Crippen molar-refractivity contribution < 1.29 is 0 Å². The van der Waals surface area contributed by atoms with Gasteiger partial charge in [-0.15, -0.1) is 0 Å². The van der Waals surface area contributed by atoms with Crippen LogP contribution in [0.5, 0.6) is 0 Å². The van der Waals surface area contributed by atoms with Gasteiger partial charge in [-0.1, -0.05) is 140 Å². The summed E-state index contributed by atoms with van der Waals surface area (Å²) in [5.41, 5.74) is 8.62. The smallest absolute Gasteiger partial charge is 0.235 e. The Morgan fingerprint density at radius 2 is 0.948 bits per heavy atom. The monoisotopic (exact) mass is 736 g/mol. The molecular formula is C54H32N4. The van der Waals surface area contributed by atoms with Crippen molar-refractivity contribution in [1.29, 1.82) is 0 Å². The van der Waals surface area contributed by atoms with Crippen molar-refractivity contribution in [2.24, 2.45) is 0 Å². The van der Waals surface area contributed by atoms with Crippen LogP contribution in [0.2, 0.25) is 0 Å². The van der Waals surface area contributed by atoms with Crippen molar-refractivity contribution in [2.75, 3.05) is 0 Å². The van der Waals surface area contributed by atoms with Crippen LogP contribution in [0.15, 0.2) is 194 Å². The molecule has 0 spiro atoms. The molecule has 0 aliphatic rings. The molecule has 268 valence electrons. The Morgan fingerprint density at radius 1 is 0.310 bits per heavy atom. The van der Waals surface area contributed by atoms with E-state index < -0.39 is 0 Å². The van der Waals surface area contributed by atoms with Crippen LogP contribution in [-0.4, -0.2) is 19.1 Å². The number of fused-ring (bicyclic) bond motifs is 13. The highest BCUT2D eigenvalue weighted by atomic mass is 15.2. The fourth-order valence-corrected chi connectivity index (χ4v) is 9.62. The van der Waals surface area contributed by atoms with Crippen LogP contribution in [0.25, 0.3) is 120 Å². The molecular weight excluding hydrogens is 705 g/mol. The fraction of sp³-hybridized carbons (Fsp3) is 0. The average Bonchev–Trinajstić information content (AvgIpc) is 3.80. The Morgan fingerprint density at radius 3 is 1.81 bits per heavy atom. The molecule has 13 aromatic rings. The number of rotatable bonds is 3. The first kappa shape index (κ1) is 31.4. The Kier molecular flexibility index (Phi) is 6.41. The third-order valence-electron chi connectivity index (χ3n) is 12.2. The van der Waals surface area contributed by atoms with E-state index in [0.29, 0.717) is 5.95 Å². The lowest BCUT2D eigenvalue weighted by molar-refractivity contribution is 1.01. The summed E-state index contributed by atoms with van der Waals surface area (Å²) in [6, 6.07) is 70.3. The summed E-state index contributed by atoms with van der Waals surface area (Å²) in [6.45, 7) is 0. The number of aromatic nitrogens is 4. The van der Waals surface area contributed by atoms with Crippen molar-refractivity contribution in [2.45, 2.75) is 0 Å². The lowest BCUT2D eigenvalue weighted by Crippen LogP contribution is -2.03. The Balaban J connectivity index is 1.03. The maximum absolute atomic E-state index is 5.44. The quantitative estimate of drug-likeness (QED) is 0.169. The first-order chi connectivity index (χ1) is 28.7. The predicted octanol–water partition coefficient (Wildman–Crippen LogP) is 14.1. The molecule has 4 nitrogen and oxygen atoms in total. The minimum atomic E-state index is 0.659. The highest BCUT2D eigenvalue weighted by molar-refractivity contribution is 6.21. The summed E-state index contributed by atoms with van der Waals surface area (Å²) in [5, 5.41) is 15.7. The zero-order valence-electron chi connectivity index (χ0n) is 31.3. The number of nitrogens with zero attached hydrogens (tertiary/aromatic N) is 4. The molecule has 0 bridgehead atoms. The largest absolute Gasteiger partial charge is 0.309 e. The van der Waals surface area contributed by atoms with Gasteiger partial charge in [0.1, 0.15) is 0 Å². The van der Waals surface area contributed by atoms with Crippen LogP contribution in [0.1, 0.15) is 0 Å². The molecule has 0 atom stereocenters. The van der Waals surface area contributed by atoms with Gasteiger partial charge < -0.3 is 4.57 Å². The van der Waals surface area contributed by atoms with Gasteiger partial charge in [-0.05, 0) is 97.7 Å². The van der Waals surface area contributed by atoms with E-state index in [9.17, 15) is 0 Å². The van der Waals surface area contributed by atoms with E-state index in [1.54, 1.807) is 0 Å². The average molecular weight is 737 g/mol. The molecule has 0 aliphatic carbocycles. The summed E-state index contributed by atoms with van der Waals surface area (Å²) < 4.78 is 4.67. The first-order valence-corrected chi connectivity index (χ1v) is 19.8. The second-order valence-corrected chi connectivity index (χ2v) is 15.4. The topological polar surface area (TPSA) is 35.6 Å². The van der Waals surface area contributed by atoms with Crippen LogP contribution < -0.4 is 0 Å². The molecule has 3 aromatic heterocycles.